The molecule has 0 radical (unpaired) electrons. The van der Waals surface area contributed by atoms with Gasteiger partial charge >= 0.3 is 0 Å². The fourth-order valence-electron chi connectivity index (χ4n) is 3.42. The molecule has 1 unspecified atom stereocenters. The Labute approximate surface area is 128 Å². The number of rotatable bonds is 5. The van der Waals surface area contributed by atoms with Gasteiger partial charge in [0, 0.05) is 23.0 Å². The summed E-state index contributed by atoms with van der Waals surface area (Å²) in [6.07, 6.45) is 6.20. The Morgan fingerprint density at radius 3 is 2.45 bits per heavy atom. The molecule has 0 aromatic carbocycles. The zero-order valence-corrected chi connectivity index (χ0v) is 14.3. The minimum absolute atomic E-state index is 0.214. The molecule has 1 heterocycles. The van der Waals surface area contributed by atoms with Gasteiger partial charge in [-0.2, -0.15) is 0 Å². The molecule has 0 saturated heterocycles. The van der Waals surface area contributed by atoms with Gasteiger partial charge in [0.25, 0.3) is 0 Å². The molecule has 20 heavy (non-hydrogen) atoms. The molecule has 0 aliphatic heterocycles. The van der Waals surface area contributed by atoms with Crippen LogP contribution in [0.25, 0.3) is 0 Å². The average molecular weight is 295 g/mol. The Balaban J connectivity index is 2.03. The van der Waals surface area contributed by atoms with E-state index in [4.69, 9.17) is 5.73 Å². The van der Waals surface area contributed by atoms with Crippen molar-refractivity contribution in [3.8, 4) is 0 Å². The van der Waals surface area contributed by atoms with Gasteiger partial charge < -0.3 is 5.73 Å². The number of nitrogens with two attached hydrogens (primary N) is 1. The molecule has 2 rings (SSSR count). The second-order valence-electron chi connectivity index (χ2n) is 7.34. The van der Waals surface area contributed by atoms with Gasteiger partial charge in [-0.3, -0.25) is 4.90 Å². The van der Waals surface area contributed by atoms with Gasteiger partial charge in [-0.1, -0.05) is 19.9 Å². The lowest BCUT2D eigenvalue weighted by Gasteiger charge is -2.50. The molecule has 2 N–H and O–H groups in total. The molecule has 114 valence electrons. The van der Waals surface area contributed by atoms with Gasteiger partial charge in [-0.05, 0) is 62.9 Å². The Morgan fingerprint density at radius 1 is 1.30 bits per heavy atom. The van der Waals surface area contributed by atoms with Crippen LogP contribution in [0.3, 0.4) is 0 Å². The summed E-state index contributed by atoms with van der Waals surface area (Å²) >= 11 is 1.86. The van der Waals surface area contributed by atoms with Crippen LogP contribution >= 0.6 is 11.3 Å². The quantitative estimate of drug-likeness (QED) is 0.892. The third-order valence-electron chi connectivity index (χ3n) is 5.40. The molecule has 1 aliphatic carbocycles. The van der Waals surface area contributed by atoms with Crippen LogP contribution < -0.4 is 5.73 Å². The van der Waals surface area contributed by atoms with E-state index < -0.39 is 0 Å². The van der Waals surface area contributed by atoms with Crippen molar-refractivity contribution in [2.45, 2.75) is 64.5 Å². The maximum absolute atomic E-state index is 6.20. The lowest BCUT2D eigenvalue weighted by atomic mass is 9.68. The highest BCUT2D eigenvalue weighted by Crippen LogP contribution is 2.42. The van der Waals surface area contributed by atoms with E-state index in [0.29, 0.717) is 11.5 Å². The third-order valence-corrected chi connectivity index (χ3v) is 6.30. The van der Waals surface area contributed by atoms with E-state index in [9.17, 15) is 0 Å². The third kappa shape index (κ3) is 3.44. The molecule has 1 aromatic rings. The van der Waals surface area contributed by atoms with Crippen LogP contribution in [0.2, 0.25) is 0 Å². The van der Waals surface area contributed by atoms with Crippen molar-refractivity contribution < 1.29 is 0 Å². The molecular weight excluding hydrogens is 264 g/mol. The smallest absolute Gasteiger partial charge is 0.0332 e. The maximum Gasteiger partial charge on any atom is 0.0332 e. The van der Waals surface area contributed by atoms with E-state index >= 15 is 0 Å². The molecule has 2 nitrogen and oxygen atoms in total. The minimum atomic E-state index is 0.214. The van der Waals surface area contributed by atoms with Crippen LogP contribution in [0.4, 0.5) is 0 Å². The molecule has 0 bridgehead atoms. The first-order valence-electron chi connectivity index (χ1n) is 7.84. The summed E-state index contributed by atoms with van der Waals surface area (Å²) in [5.41, 5.74) is 6.91. The van der Waals surface area contributed by atoms with Crippen LogP contribution in [0.1, 0.15) is 51.3 Å². The fourth-order valence-corrected chi connectivity index (χ4v) is 4.24. The molecule has 1 aliphatic rings. The summed E-state index contributed by atoms with van der Waals surface area (Å²) in [4.78, 5) is 4.05. The summed E-state index contributed by atoms with van der Waals surface area (Å²) < 4.78 is 0. The number of likely N-dealkylation sites (N-methyl/N-ethyl adjacent to an activating group) is 1. The number of hydrogen-bond acceptors (Lipinski definition) is 3. The minimum Gasteiger partial charge on any atom is -0.329 e. The molecule has 0 spiro atoms. The van der Waals surface area contributed by atoms with Gasteiger partial charge in [0.2, 0.25) is 0 Å². The van der Waals surface area contributed by atoms with Crippen LogP contribution in [-0.4, -0.2) is 30.1 Å². The zero-order valence-electron chi connectivity index (χ0n) is 13.5. The standard InChI is InChI=1S/C17H30N2S/c1-14(12-15-6-5-11-20-15)19(4)17(13-18)9-7-16(2,3)8-10-17/h5-6,11,14H,7-10,12-13,18H2,1-4H3. The molecule has 1 saturated carbocycles. The number of thiophene rings is 1. The van der Waals surface area contributed by atoms with Crippen molar-refractivity contribution in [1.82, 2.24) is 4.90 Å². The Hall–Kier alpha value is -0.380. The molecular formula is C17H30N2S. The second kappa shape index (κ2) is 6.17. The lowest BCUT2D eigenvalue weighted by molar-refractivity contribution is 0.0176. The number of nitrogens with zero attached hydrogens (tertiary/aromatic N) is 1. The van der Waals surface area contributed by atoms with Gasteiger partial charge in [-0.25, -0.2) is 0 Å². The van der Waals surface area contributed by atoms with Crippen LogP contribution in [0.15, 0.2) is 17.5 Å². The molecule has 1 atom stereocenters. The van der Waals surface area contributed by atoms with E-state index in [1.54, 1.807) is 0 Å². The number of hydrogen-bond donors (Lipinski definition) is 1. The van der Waals surface area contributed by atoms with E-state index in [2.05, 4.69) is 50.2 Å². The summed E-state index contributed by atoms with van der Waals surface area (Å²) in [6.45, 7) is 7.91. The normalized spacial score (nSPS) is 22.9. The SMILES string of the molecule is CC(Cc1cccs1)N(C)C1(CN)CCC(C)(C)CC1. The predicted octanol–water partition coefficient (Wildman–Crippen LogP) is 3.91. The van der Waals surface area contributed by atoms with Crippen LogP contribution in [0.5, 0.6) is 0 Å². The van der Waals surface area contributed by atoms with Crippen molar-refractivity contribution in [2.75, 3.05) is 13.6 Å². The summed E-state index contributed by atoms with van der Waals surface area (Å²) in [6, 6.07) is 4.95. The largest absolute Gasteiger partial charge is 0.329 e. The van der Waals surface area contributed by atoms with Crippen molar-refractivity contribution in [2.24, 2.45) is 11.1 Å². The highest BCUT2D eigenvalue weighted by atomic mass is 32.1. The summed E-state index contributed by atoms with van der Waals surface area (Å²) in [7, 11) is 2.28. The Morgan fingerprint density at radius 2 is 1.95 bits per heavy atom. The van der Waals surface area contributed by atoms with Gasteiger partial charge in [-0.15, -0.1) is 11.3 Å². The maximum atomic E-state index is 6.20. The molecule has 3 heteroatoms. The Kier molecular flexibility index (Phi) is 4.93. The monoisotopic (exact) mass is 294 g/mol. The summed E-state index contributed by atoms with van der Waals surface area (Å²) in [5, 5.41) is 2.17. The van der Waals surface area contributed by atoms with Gasteiger partial charge in [0.15, 0.2) is 0 Å². The first-order valence-corrected chi connectivity index (χ1v) is 8.72. The van der Waals surface area contributed by atoms with Crippen molar-refractivity contribution in [1.29, 1.82) is 0 Å². The molecule has 1 aromatic heterocycles. The van der Waals surface area contributed by atoms with Crippen molar-refractivity contribution in [3.63, 3.8) is 0 Å². The lowest BCUT2D eigenvalue weighted by Crippen LogP contribution is -2.58. The van der Waals surface area contributed by atoms with Crippen molar-refractivity contribution >= 4 is 11.3 Å². The predicted molar refractivity (Wildman–Crippen MR) is 89.3 cm³/mol. The van der Waals surface area contributed by atoms with E-state index in [0.717, 1.165) is 13.0 Å². The second-order valence-corrected chi connectivity index (χ2v) is 8.37. The van der Waals surface area contributed by atoms with E-state index in [-0.39, 0.29) is 5.54 Å². The van der Waals surface area contributed by atoms with Gasteiger partial charge in [0.1, 0.15) is 0 Å². The first-order chi connectivity index (χ1) is 9.38. The average Bonchev–Trinajstić information content (AvgIpc) is 2.91. The van der Waals surface area contributed by atoms with Crippen LogP contribution in [0, 0.1) is 5.41 Å². The first kappa shape index (κ1) is 16.0. The zero-order chi connectivity index (χ0) is 14.8. The topological polar surface area (TPSA) is 29.3 Å². The van der Waals surface area contributed by atoms with E-state index in [1.807, 2.05) is 11.3 Å². The summed E-state index contributed by atoms with van der Waals surface area (Å²) in [5.74, 6) is 0. The fraction of sp³-hybridized carbons (Fsp3) is 0.765. The van der Waals surface area contributed by atoms with Gasteiger partial charge in [0.05, 0.1) is 0 Å². The van der Waals surface area contributed by atoms with E-state index in [1.165, 1.54) is 30.6 Å². The highest BCUT2D eigenvalue weighted by molar-refractivity contribution is 7.09. The highest BCUT2D eigenvalue weighted by Gasteiger charge is 2.41. The van der Waals surface area contributed by atoms with Crippen LogP contribution in [-0.2, 0) is 6.42 Å². The molecule has 0 amide bonds. The van der Waals surface area contributed by atoms with Crippen molar-refractivity contribution in [3.05, 3.63) is 22.4 Å². The Bertz CT molecular complexity index is 401. The molecule has 1 fully saturated rings.